The van der Waals surface area contributed by atoms with Gasteiger partial charge in [-0.1, -0.05) is 0 Å². The first kappa shape index (κ1) is 42.2. The molecular weight excluding hydrogens is 867 g/mol. The molecule has 0 fully saturated rings. The molecule has 0 amide bonds. The summed E-state index contributed by atoms with van der Waals surface area (Å²) in [6, 6.07) is 28.1. The van der Waals surface area contributed by atoms with Gasteiger partial charge in [-0.15, -0.1) is 24.8 Å². The summed E-state index contributed by atoms with van der Waals surface area (Å²) < 4.78 is 1.40. The number of hydrogen-bond acceptors (Lipinski definition) is 0. The first-order valence-corrected chi connectivity index (χ1v) is 22.1. The molecule has 4 aromatic rings. The van der Waals surface area contributed by atoms with Crippen LogP contribution in [0.1, 0.15) is 92.5 Å². The fraction of sp³-hybridized carbons (Fsp3) is 0.293. The van der Waals surface area contributed by atoms with E-state index in [1.165, 1.54) is 39.9 Å². The summed E-state index contributed by atoms with van der Waals surface area (Å²) in [5.41, 5.74) is 11.9. The maximum absolute atomic E-state index is 6.33. The van der Waals surface area contributed by atoms with E-state index >= 15 is 0 Å². The van der Waals surface area contributed by atoms with Crippen molar-refractivity contribution in [3.63, 3.8) is 0 Å². The standard InChI is InChI=1S/C21H25.C15H8Cl6.C5H5.2ClH.Zr/c1-20(2,3)16-7-9-18-14(12-16)11-15-13-17(21(4,5)6)8-10-19(15)18;16-14(17,18)12-5-1-10(2-6-12)9-11-3-7-13(8-4-11)15(19,20)21;1-2-4-5-3-1;;;/h7-10,12H,11H2,1-6H3;1-8H;1-3H,4H2;2*1H;. The Labute approximate surface area is 347 Å². The molecule has 0 aliphatic heterocycles. The minimum Gasteiger partial charge on any atom is -0.147 e. The van der Waals surface area contributed by atoms with Crippen LogP contribution in [0.2, 0.25) is 0 Å². The fourth-order valence-corrected chi connectivity index (χ4v) is 16.5. The van der Waals surface area contributed by atoms with Gasteiger partial charge in [0, 0.05) is 0 Å². The molecule has 50 heavy (non-hydrogen) atoms. The van der Waals surface area contributed by atoms with Gasteiger partial charge in [-0.2, -0.15) is 0 Å². The Morgan fingerprint density at radius 3 is 1.54 bits per heavy atom. The zero-order valence-electron chi connectivity index (χ0n) is 28.7. The number of rotatable bonds is 4. The van der Waals surface area contributed by atoms with Crippen LogP contribution in [0.25, 0.3) is 11.1 Å². The fourth-order valence-electron chi connectivity index (χ4n) is 6.84. The molecule has 0 aromatic heterocycles. The zero-order valence-corrected chi connectivity index (χ0v) is 37.4. The van der Waals surface area contributed by atoms with Gasteiger partial charge in [-0.05, 0) is 0 Å². The predicted molar refractivity (Wildman–Crippen MR) is 223 cm³/mol. The third-order valence-electron chi connectivity index (χ3n) is 9.34. The second-order valence-corrected chi connectivity index (χ2v) is 25.2. The van der Waals surface area contributed by atoms with Crippen molar-refractivity contribution >= 4 is 101 Å². The van der Waals surface area contributed by atoms with E-state index in [4.69, 9.17) is 69.6 Å². The minimum atomic E-state index is -3.05. The Balaban J connectivity index is 0.00000281. The molecule has 9 heteroatoms. The Morgan fingerprint density at radius 1 is 0.600 bits per heavy atom. The van der Waals surface area contributed by atoms with E-state index in [2.05, 4.69) is 114 Å². The molecule has 0 heterocycles. The molecule has 2 aliphatic rings. The van der Waals surface area contributed by atoms with E-state index in [1.54, 1.807) is 3.27 Å². The van der Waals surface area contributed by atoms with E-state index < -0.39 is 28.9 Å². The average Bonchev–Trinajstić information content (AvgIpc) is 3.66. The van der Waals surface area contributed by atoms with Crippen LogP contribution < -0.4 is 3.27 Å². The van der Waals surface area contributed by atoms with E-state index in [1.807, 2.05) is 24.3 Å². The first-order chi connectivity index (χ1) is 22.3. The number of hydrogen-bond donors (Lipinski definition) is 0. The second-order valence-electron chi connectivity index (χ2n) is 14.8. The van der Waals surface area contributed by atoms with E-state index in [9.17, 15) is 0 Å². The largest absolute Gasteiger partial charge is 0.147 e. The van der Waals surface area contributed by atoms with Crippen LogP contribution in [0.4, 0.5) is 0 Å². The third kappa shape index (κ3) is 8.70. The van der Waals surface area contributed by atoms with Crippen LogP contribution in [-0.4, -0.2) is 3.21 Å². The number of allylic oxidation sites excluding steroid dienone is 4. The molecule has 4 aromatic carbocycles. The summed E-state index contributed by atoms with van der Waals surface area (Å²) in [7, 11) is 0. The molecule has 0 bridgehead atoms. The molecule has 0 unspecified atom stereocenters. The van der Waals surface area contributed by atoms with Crippen molar-refractivity contribution < 1.29 is 21.3 Å². The summed E-state index contributed by atoms with van der Waals surface area (Å²) in [4.78, 5) is 0. The Morgan fingerprint density at radius 2 is 1.10 bits per heavy atom. The summed E-state index contributed by atoms with van der Waals surface area (Å²) in [6.45, 7) is 13.9. The van der Waals surface area contributed by atoms with Gasteiger partial charge < -0.3 is 0 Å². The van der Waals surface area contributed by atoms with Gasteiger partial charge in [0.2, 0.25) is 0 Å². The van der Waals surface area contributed by atoms with Gasteiger partial charge in [-0.25, -0.2) is 0 Å². The summed E-state index contributed by atoms with van der Waals surface area (Å²) >= 11 is 34.9. The molecule has 264 valence electrons. The topological polar surface area (TPSA) is 0 Å². The Kier molecular flexibility index (Phi) is 13.2. The van der Waals surface area contributed by atoms with Crippen LogP contribution in [-0.2, 0) is 46.1 Å². The summed E-state index contributed by atoms with van der Waals surface area (Å²) in [6.07, 6.45) is 8.73. The maximum atomic E-state index is 6.33. The van der Waals surface area contributed by atoms with Gasteiger partial charge >= 0.3 is 326 Å². The summed E-state index contributed by atoms with van der Waals surface area (Å²) in [5.74, 6) is 0. The molecule has 6 rings (SSSR count). The van der Waals surface area contributed by atoms with Crippen LogP contribution in [0.5, 0.6) is 0 Å². The van der Waals surface area contributed by atoms with Gasteiger partial charge in [0.05, 0.1) is 0 Å². The SMILES string of the molecule is CC(C)(C)c1ccc2c(c1)Cc1c-2ccc(C(C)(C)C)[c]1[Zr]([C]1=CC=CC1)=[C](c1ccc(C(Cl)(Cl)Cl)cc1)c1ccc(C(Cl)(Cl)Cl)cc1.Cl.Cl. The Bertz CT molecular complexity index is 1920. The molecule has 0 saturated heterocycles. The number of halogens is 8. The molecule has 0 spiro atoms. The molecule has 0 radical (unpaired) electrons. The third-order valence-corrected chi connectivity index (χ3v) is 18.4. The van der Waals surface area contributed by atoms with Crippen molar-refractivity contribution in [1.82, 2.24) is 0 Å². The average molecular weight is 908 g/mol. The molecule has 2 aliphatic carbocycles. The maximum Gasteiger partial charge on any atom is -0.147 e. The van der Waals surface area contributed by atoms with Crippen molar-refractivity contribution in [3.05, 3.63) is 145 Å². The van der Waals surface area contributed by atoms with Gasteiger partial charge in [0.1, 0.15) is 0 Å². The van der Waals surface area contributed by atoms with Crippen molar-refractivity contribution in [2.45, 2.75) is 72.8 Å². The van der Waals surface area contributed by atoms with Gasteiger partial charge in [-0.3, -0.25) is 0 Å². The molecule has 0 atom stereocenters. The van der Waals surface area contributed by atoms with Gasteiger partial charge in [0.15, 0.2) is 0 Å². The van der Waals surface area contributed by atoms with E-state index in [0.717, 1.165) is 24.0 Å². The molecular formula is C41H40Cl8Zr. The van der Waals surface area contributed by atoms with Gasteiger partial charge in [0.25, 0.3) is 0 Å². The number of alkyl halides is 6. The zero-order chi connectivity index (χ0) is 34.8. The summed E-state index contributed by atoms with van der Waals surface area (Å²) in [5, 5.41) is 0. The Hall–Kier alpha value is -0.567. The number of fused-ring (bicyclic) bond motifs is 3. The van der Waals surface area contributed by atoms with Crippen LogP contribution in [0, 0.1) is 0 Å². The molecule has 0 saturated carbocycles. The monoisotopic (exact) mass is 902 g/mol. The van der Waals surface area contributed by atoms with Crippen molar-refractivity contribution in [2.24, 2.45) is 0 Å². The quantitative estimate of drug-likeness (QED) is 0.158. The predicted octanol–water partition coefficient (Wildman–Crippen LogP) is 13.7. The van der Waals surface area contributed by atoms with Crippen LogP contribution >= 0.6 is 94.4 Å². The minimum absolute atomic E-state index is 0. The molecule has 0 N–H and O–H groups in total. The van der Waals surface area contributed by atoms with Crippen molar-refractivity contribution in [1.29, 1.82) is 0 Å². The van der Waals surface area contributed by atoms with Crippen molar-refractivity contribution in [2.75, 3.05) is 0 Å². The molecule has 0 nitrogen and oxygen atoms in total. The van der Waals surface area contributed by atoms with Crippen LogP contribution in [0.15, 0.2) is 100 Å². The van der Waals surface area contributed by atoms with Crippen LogP contribution in [0.3, 0.4) is 0 Å². The second kappa shape index (κ2) is 15.7. The first-order valence-electron chi connectivity index (χ1n) is 16.1. The van der Waals surface area contributed by atoms with E-state index in [-0.39, 0.29) is 35.6 Å². The smallest absolute Gasteiger partial charge is 0.147 e. The normalized spacial score (nSPS) is 14.0. The van der Waals surface area contributed by atoms with E-state index in [0.29, 0.717) is 11.1 Å². The number of benzene rings is 4. The van der Waals surface area contributed by atoms with Crippen molar-refractivity contribution in [3.8, 4) is 11.1 Å².